The molecule has 10 heavy (non-hydrogen) atoms. The van der Waals surface area contributed by atoms with Crippen LogP contribution in [0.1, 0.15) is 25.7 Å². The van der Waals surface area contributed by atoms with Gasteiger partial charge in [-0.1, -0.05) is 13.0 Å². The number of carbonyl (C=O) groups excluding carboxylic acids is 1. The highest BCUT2D eigenvalue weighted by molar-refractivity contribution is 5.99. The van der Waals surface area contributed by atoms with Crippen molar-refractivity contribution in [1.29, 1.82) is 0 Å². The SMILES string of the molecule is C=C1CC2CCCC2C1=O. The van der Waals surface area contributed by atoms with Gasteiger partial charge >= 0.3 is 0 Å². The molecule has 0 bridgehead atoms. The van der Waals surface area contributed by atoms with Crippen LogP contribution in [0.15, 0.2) is 12.2 Å². The number of Topliss-reactive ketones (excluding diaryl/α,β-unsaturated/α-hetero) is 1. The lowest BCUT2D eigenvalue weighted by molar-refractivity contribution is -0.118. The summed E-state index contributed by atoms with van der Waals surface area (Å²) in [4.78, 5) is 11.3. The first-order chi connectivity index (χ1) is 4.79. The molecule has 0 radical (unpaired) electrons. The Morgan fingerprint density at radius 3 is 2.90 bits per heavy atom. The second-order valence-corrected chi connectivity index (χ2v) is 3.47. The fourth-order valence-electron chi connectivity index (χ4n) is 2.31. The number of allylic oxidation sites excluding steroid dienone is 1. The molecular weight excluding hydrogens is 124 g/mol. The van der Waals surface area contributed by atoms with Crippen molar-refractivity contribution >= 4 is 5.78 Å². The summed E-state index contributed by atoms with van der Waals surface area (Å²) in [5.41, 5.74) is 0.884. The molecule has 0 heterocycles. The lowest BCUT2D eigenvalue weighted by Gasteiger charge is -2.02. The Hall–Kier alpha value is -0.590. The predicted octanol–water partition coefficient (Wildman–Crippen LogP) is 1.93. The highest BCUT2D eigenvalue weighted by Crippen LogP contribution is 2.43. The second kappa shape index (κ2) is 1.94. The zero-order valence-electron chi connectivity index (χ0n) is 6.10. The van der Waals surface area contributed by atoms with Gasteiger partial charge in [-0.2, -0.15) is 0 Å². The highest BCUT2D eigenvalue weighted by Gasteiger charge is 2.39. The molecule has 2 fully saturated rings. The zero-order valence-corrected chi connectivity index (χ0v) is 6.10. The molecule has 0 aliphatic heterocycles. The third kappa shape index (κ3) is 0.664. The fraction of sp³-hybridized carbons (Fsp3) is 0.667. The standard InChI is InChI=1S/C9H12O/c1-6-5-7-3-2-4-8(7)9(6)10/h7-8H,1-5H2. The maximum atomic E-state index is 11.3. The van der Waals surface area contributed by atoms with Crippen LogP contribution in [-0.4, -0.2) is 5.78 Å². The molecule has 2 aliphatic rings. The highest BCUT2D eigenvalue weighted by atomic mass is 16.1. The second-order valence-electron chi connectivity index (χ2n) is 3.47. The first kappa shape index (κ1) is 6.14. The molecule has 0 saturated heterocycles. The molecule has 0 aromatic carbocycles. The van der Waals surface area contributed by atoms with Gasteiger partial charge in [-0.3, -0.25) is 4.79 Å². The van der Waals surface area contributed by atoms with Gasteiger partial charge in [0.15, 0.2) is 5.78 Å². The normalized spacial score (nSPS) is 38.8. The molecule has 0 aromatic heterocycles. The van der Waals surface area contributed by atoms with Gasteiger partial charge in [0, 0.05) is 5.92 Å². The number of carbonyl (C=O) groups is 1. The minimum absolute atomic E-state index is 0.363. The minimum Gasteiger partial charge on any atom is -0.294 e. The van der Waals surface area contributed by atoms with Crippen molar-refractivity contribution in [3.63, 3.8) is 0 Å². The lowest BCUT2D eigenvalue weighted by Crippen LogP contribution is -2.07. The van der Waals surface area contributed by atoms with Crippen LogP contribution in [0.5, 0.6) is 0 Å². The number of fused-ring (bicyclic) bond motifs is 1. The maximum Gasteiger partial charge on any atom is 0.161 e. The Balaban J connectivity index is 2.24. The summed E-state index contributed by atoms with van der Waals surface area (Å²) < 4.78 is 0. The van der Waals surface area contributed by atoms with Gasteiger partial charge < -0.3 is 0 Å². The quantitative estimate of drug-likeness (QED) is 0.465. The molecule has 0 amide bonds. The van der Waals surface area contributed by atoms with Crippen molar-refractivity contribution in [2.45, 2.75) is 25.7 Å². The first-order valence-corrected chi connectivity index (χ1v) is 4.01. The van der Waals surface area contributed by atoms with E-state index >= 15 is 0 Å². The first-order valence-electron chi connectivity index (χ1n) is 4.01. The van der Waals surface area contributed by atoms with Crippen LogP contribution >= 0.6 is 0 Å². The monoisotopic (exact) mass is 136 g/mol. The Morgan fingerprint density at radius 2 is 2.20 bits per heavy atom. The number of rotatable bonds is 0. The summed E-state index contributed by atoms with van der Waals surface area (Å²) >= 11 is 0. The van der Waals surface area contributed by atoms with Crippen LogP contribution in [0.3, 0.4) is 0 Å². The van der Waals surface area contributed by atoms with Gasteiger partial charge in [0.2, 0.25) is 0 Å². The average molecular weight is 136 g/mol. The van der Waals surface area contributed by atoms with Gasteiger partial charge in [0.1, 0.15) is 0 Å². The maximum absolute atomic E-state index is 11.3. The lowest BCUT2D eigenvalue weighted by atomic mass is 10.0. The predicted molar refractivity (Wildman–Crippen MR) is 39.6 cm³/mol. The molecule has 54 valence electrons. The van der Waals surface area contributed by atoms with Crippen molar-refractivity contribution in [2.24, 2.45) is 11.8 Å². The summed E-state index contributed by atoms with van der Waals surface area (Å²) in [7, 11) is 0. The van der Waals surface area contributed by atoms with E-state index in [0.717, 1.165) is 18.4 Å². The molecule has 2 unspecified atom stereocenters. The summed E-state index contributed by atoms with van der Waals surface area (Å²) in [5, 5.41) is 0. The largest absolute Gasteiger partial charge is 0.294 e. The molecule has 1 heteroatoms. The van der Waals surface area contributed by atoms with E-state index in [1.165, 1.54) is 12.8 Å². The van der Waals surface area contributed by atoms with E-state index in [-0.39, 0.29) is 0 Å². The van der Waals surface area contributed by atoms with E-state index in [0.29, 0.717) is 17.6 Å². The van der Waals surface area contributed by atoms with E-state index in [9.17, 15) is 4.79 Å². The molecule has 1 nitrogen and oxygen atoms in total. The van der Waals surface area contributed by atoms with E-state index in [1.54, 1.807) is 0 Å². The molecule has 0 N–H and O–H groups in total. The van der Waals surface area contributed by atoms with E-state index in [1.807, 2.05) is 0 Å². The number of hydrogen-bond acceptors (Lipinski definition) is 1. The summed E-state index contributed by atoms with van der Waals surface area (Å²) in [6.45, 7) is 3.77. The molecule has 0 aromatic rings. The van der Waals surface area contributed by atoms with Gasteiger partial charge in [-0.25, -0.2) is 0 Å². The molecule has 2 atom stereocenters. The Morgan fingerprint density at radius 1 is 1.40 bits per heavy atom. The number of ketones is 1. The van der Waals surface area contributed by atoms with Crippen molar-refractivity contribution < 1.29 is 4.79 Å². The van der Waals surface area contributed by atoms with Crippen LogP contribution in [0, 0.1) is 11.8 Å². The topological polar surface area (TPSA) is 17.1 Å². The Labute approximate surface area is 61.1 Å². The fourth-order valence-corrected chi connectivity index (χ4v) is 2.31. The zero-order chi connectivity index (χ0) is 7.14. The van der Waals surface area contributed by atoms with Crippen LogP contribution in [-0.2, 0) is 4.79 Å². The van der Waals surface area contributed by atoms with Crippen LogP contribution in [0.25, 0.3) is 0 Å². The van der Waals surface area contributed by atoms with Gasteiger partial charge in [0.05, 0.1) is 0 Å². The summed E-state index contributed by atoms with van der Waals surface area (Å²) in [6, 6.07) is 0. The Kier molecular flexibility index (Phi) is 1.19. The van der Waals surface area contributed by atoms with Gasteiger partial charge in [0.25, 0.3) is 0 Å². The van der Waals surface area contributed by atoms with Crippen LogP contribution < -0.4 is 0 Å². The van der Waals surface area contributed by atoms with E-state index < -0.39 is 0 Å². The molecule has 2 saturated carbocycles. The molecular formula is C9H12O. The van der Waals surface area contributed by atoms with Crippen molar-refractivity contribution in [1.82, 2.24) is 0 Å². The van der Waals surface area contributed by atoms with E-state index in [2.05, 4.69) is 6.58 Å². The number of hydrogen-bond donors (Lipinski definition) is 0. The van der Waals surface area contributed by atoms with Gasteiger partial charge in [-0.15, -0.1) is 0 Å². The molecule has 2 aliphatic carbocycles. The van der Waals surface area contributed by atoms with Crippen molar-refractivity contribution in [3.8, 4) is 0 Å². The van der Waals surface area contributed by atoms with E-state index in [4.69, 9.17) is 0 Å². The molecule has 2 rings (SSSR count). The molecule has 0 spiro atoms. The third-order valence-electron chi connectivity index (χ3n) is 2.85. The smallest absolute Gasteiger partial charge is 0.161 e. The average Bonchev–Trinajstić information content (AvgIpc) is 2.41. The minimum atomic E-state index is 0.363. The third-order valence-corrected chi connectivity index (χ3v) is 2.85. The van der Waals surface area contributed by atoms with Crippen molar-refractivity contribution in [3.05, 3.63) is 12.2 Å². The van der Waals surface area contributed by atoms with Gasteiger partial charge in [-0.05, 0) is 30.8 Å². The summed E-state index contributed by atoms with van der Waals surface area (Å²) in [5.74, 6) is 1.43. The van der Waals surface area contributed by atoms with Crippen LogP contribution in [0.2, 0.25) is 0 Å². The van der Waals surface area contributed by atoms with Crippen molar-refractivity contribution in [2.75, 3.05) is 0 Å². The summed E-state index contributed by atoms with van der Waals surface area (Å²) in [6.07, 6.45) is 4.63. The van der Waals surface area contributed by atoms with Crippen LogP contribution in [0.4, 0.5) is 0 Å². The Bertz CT molecular complexity index is 193.